The number of amides is 1. The molecular formula is C14H17BrN2O2. The van der Waals surface area contributed by atoms with Crippen molar-refractivity contribution in [3.63, 3.8) is 0 Å². The van der Waals surface area contributed by atoms with Crippen LogP contribution in [0.15, 0.2) is 22.7 Å². The van der Waals surface area contributed by atoms with Crippen LogP contribution in [0.1, 0.15) is 24.2 Å². The molecular weight excluding hydrogens is 308 g/mol. The Kier molecular flexibility index (Phi) is 4.37. The van der Waals surface area contributed by atoms with Crippen molar-refractivity contribution in [1.29, 1.82) is 0 Å². The summed E-state index contributed by atoms with van der Waals surface area (Å²) in [6.07, 6.45) is 0. The van der Waals surface area contributed by atoms with Crippen LogP contribution in [0, 0.1) is 0 Å². The molecule has 0 bridgehead atoms. The normalized spacial score (nSPS) is 14.4. The molecule has 2 rings (SSSR count). The van der Waals surface area contributed by atoms with Gasteiger partial charge in [0.2, 0.25) is 0 Å². The second kappa shape index (κ2) is 5.84. The van der Waals surface area contributed by atoms with Crippen molar-refractivity contribution in [1.82, 2.24) is 4.90 Å². The van der Waals surface area contributed by atoms with E-state index in [0.717, 1.165) is 24.1 Å². The molecule has 0 unspecified atom stereocenters. The van der Waals surface area contributed by atoms with Crippen molar-refractivity contribution >= 4 is 33.3 Å². The molecule has 0 saturated heterocycles. The van der Waals surface area contributed by atoms with Crippen molar-refractivity contribution in [2.75, 3.05) is 31.1 Å². The summed E-state index contributed by atoms with van der Waals surface area (Å²) < 4.78 is 0.795. The van der Waals surface area contributed by atoms with Crippen LogP contribution in [0.2, 0.25) is 0 Å². The van der Waals surface area contributed by atoms with E-state index in [1.807, 2.05) is 6.07 Å². The lowest BCUT2D eigenvalue weighted by Gasteiger charge is -2.23. The van der Waals surface area contributed by atoms with Crippen molar-refractivity contribution in [3.05, 3.63) is 28.2 Å². The molecule has 0 aliphatic carbocycles. The minimum absolute atomic E-state index is 0.407. The summed E-state index contributed by atoms with van der Waals surface area (Å²) in [4.78, 5) is 27.8. The largest absolute Gasteiger partial charge is 0.302 e. The maximum atomic E-state index is 12.0. The maximum absolute atomic E-state index is 12.0. The number of likely N-dealkylation sites (N-methyl/N-ethyl adjacent to an activating group) is 1. The fourth-order valence-corrected chi connectivity index (χ4v) is 2.89. The van der Waals surface area contributed by atoms with E-state index in [2.05, 4.69) is 34.7 Å². The highest BCUT2D eigenvalue weighted by molar-refractivity contribution is 9.10. The summed E-state index contributed by atoms with van der Waals surface area (Å²) in [6, 6.07) is 5.34. The first-order chi connectivity index (χ1) is 9.10. The third-order valence-electron chi connectivity index (χ3n) is 3.47. The third kappa shape index (κ3) is 2.58. The molecule has 1 heterocycles. The van der Waals surface area contributed by atoms with Crippen molar-refractivity contribution in [2.24, 2.45) is 0 Å². The zero-order valence-corrected chi connectivity index (χ0v) is 12.7. The number of ketones is 1. The Morgan fingerprint density at radius 1 is 1.21 bits per heavy atom. The summed E-state index contributed by atoms with van der Waals surface area (Å²) >= 11 is 3.42. The molecule has 0 aromatic heterocycles. The first-order valence-electron chi connectivity index (χ1n) is 6.47. The second-order valence-electron chi connectivity index (χ2n) is 4.45. The first kappa shape index (κ1) is 14.2. The Hall–Kier alpha value is -1.20. The van der Waals surface area contributed by atoms with Crippen LogP contribution in [0.25, 0.3) is 0 Å². The predicted molar refractivity (Wildman–Crippen MR) is 78.6 cm³/mol. The minimum atomic E-state index is -0.422. The van der Waals surface area contributed by atoms with Gasteiger partial charge in [-0.05, 0) is 41.2 Å². The van der Waals surface area contributed by atoms with Crippen molar-refractivity contribution in [3.8, 4) is 0 Å². The number of nitrogens with zero attached hydrogens (tertiary/aromatic N) is 2. The summed E-state index contributed by atoms with van der Waals surface area (Å²) in [5.74, 6) is -0.829. The highest BCUT2D eigenvalue weighted by Crippen LogP contribution is 2.35. The van der Waals surface area contributed by atoms with Gasteiger partial charge in [-0.2, -0.15) is 0 Å². The highest BCUT2D eigenvalue weighted by Gasteiger charge is 2.36. The van der Waals surface area contributed by atoms with E-state index in [1.165, 1.54) is 0 Å². The summed E-state index contributed by atoms with van der Waals surface area (Å²) in [7, 11) is 0. The number of fused-ring (bicyclic) bond motifs is 1. The molecule has 0 fully saturated rings. The van der Waals surface area contributed by atoms with E-state index in [9.17, 15) is 9.59 Å². The smallest absolute Gasteiger partial charge is 0.299 e. The van der Waals surface area contributed by atoms with E-state index in [1.54, 1.807) is 17.0 Å². The van der Waals surface area contributed by atoms with Crippen molar-refractivity contribution in [2.45, 2.75) is 13.8 Å². The van der Waals surface area contributed by atoms with E-state index in [-0.39, 0.29) is 0 Å². The summed E-state index contributed by atoms with van der Waals surface area (Å²) in [5.41, 5.74) is 1.21. The Morgan fingerprint density at radius 2 is 1.89 bits per heavy atom. The van der Waals surface area contributed by atoms with Gasteiger partial charge in [-0.1, -0.05) is 19.9 Å². The minimum Gasteiger partial charge on any atom is -0.302 e. The number of benzene rings is 1. The topological polar surface area (TPSA) is 40.6 Å². The molecule has 1 aromatic carbocycles. The molecule has 1 aliphatic rings. The SMILES string of the molecule is CCN(CC)CCN1C(=O)C(=O)c2cccc(Br)c21. The van der Waals surface area contributed by atoms with E-state index in [0.29, 0.717) is 17.8 Å². The van der Waals surface area contributed by atoms with Crippen LogP contribution < -0.4 is 4.90 Å². The molecule has 102 valence electrons. The quantitative estimate of drug-likeness (QED) is 0.780. The number of rotatable bonds is 5. The molecule has 0 radical (unpaired) electrons. The Labute approximate surface area is 121 Å². The standard InChI is InChI=1S/C14H17BrN2O2/c1-3-16(4-2)8-9-17-12-10(13(18)14(17)19)6-5-7-11(12)15/h5-7H,3-4,8-9H2,1-2H3. The van der Waals surface area contributed by atoms with Gasteiger partial charge in [0.05, 0.1) is 11.3 Å². The zero-order valence-electron chi connectivity index (χ0n) is 11.1. The molecule has 1 amide bonds. The molecule has 4 nitrogen and oxygen atoms in total. The molecule has 0 atom stereocenters. The zero-order chi connectivity index (χ0) is 14.0. The van der Waals surface area contributed by atoms with Crippen LogP contribution in [0.3, 0.4) is 0 Å². The fourth-order valence-electron chi connectivity index (χ4n) is 2.31. The average molecular weight is 325 g/mol. The molecule has 0 saturated carbocycles. The van der Waals surface area contributed by atoms with Crippen LogP contribution in [0.5, 0.6) is 0 Å². The van der Waals surface area contributed by atoms with Gasteiger partial charge in [-0.3, -0.25) is 9.59 Å². The van der Waals surface area contributed by atoms with E-state index >= 15 is 0 Å². The summed E-state index contributed by atoms with van der Waals surface area (Å²) in [6.45, 7) is 7.37. The van der Waals surface area contributed by atoms with Gasteiger partial charge in [-0.15, -0.1) is 0 Å². The van der Waals surface area contributed by atoms with Gasteiger partial charge in [0.25, 0.3) is 11.7 Å². The second-order valence-corrected chi connectivity index (χ2v) is 5.30. The van der Waals surface area contributed by atoms with Gasteiger partial charge in [-0.25, -0.2) is 0 Å². The van der Waals surface area contributed by atoms with Gasteiger partial charge in [0.15, 0.2) is 0 Å². The number of Topliss-reactive ketones (excluding diaryl/α,β-unsaturated/α-hetero) is 1. The average Bonchev–Trinajstić information content (AvgIpc) is 2.66. The molecule has 0 spiro atoms. The van der Waals surface area contributed by atoms with Crippen LogP contribution in [-0.2, 0) is 4.79 Å². The van der Waals surface area contributed by atoms with Crippen LogP contribution in [-0.4, -0.2) is 42.8 Å². The fraction of sp³-hybridized carbons (Fsp3) is 0.429. The van der Waals surface area contributed by atoms with Crippen LogP contribution in [0.4, 0.5) is 5.69 Å². The number of hydrogen-bond donors (Lipinski definition) is 0. The molecule has 5 heteroatoms. The number of carbonyl (C=O) groups is 2. The van der Waals surface area contributed by atoms with Gasteiger partial charge >= 0.3 is 0 Å². The highest BCUT2D eigenvalue weighted by atomic mass is 79.9. The first-order valence-corrected chi connectivity index (χ1v) is 7.26. The van der Waals surface area contributed by atoms with Crippen molar-refractivity contribution < 1.29 is 9.59 Å². The number of anilines is 1. The lowest BCUT2D eigenvalue weighted by molar-refractivity contribution is -0.114. The lowest BCUT2D eigenvalue weighted by Crippen LogP contribution is -2.38. The Morgan fingerprint density at radius 3 is 2.53 bits per heavy atom. The number of halogens is 1. The lowest BCUT2D eigenvalue weighted by atomic mass is 10.1. The monoisotopic (exact) mass is 324 g/mol. The molecule has 1 aromatic rings. The predicted octanol–water partition coefficient (Wildman–Crippen LogP) is 2.32. The number of hydrogen-bond acceptors (Lipinski definition) is 3. The van der Waals surface area contributed by atoms with Gasteiger partial charge < -0.3 is 9.80 Å². The maximum Gasteiger partial charge on any atom is 0.299 e. The molecule has 1 aliphatic heterocycles. The summed E-state index contributed by atoms with van der Waals surface area (Å²) in [5, 5.41) is 0. The molecule has 19 heavy (non-hydrogen) atoms. The van der Waals surface area contributed by atoms with Gasteiger partial charge in [0.1, 0.15) is 0 Å². The Bertz CT molecular complexity index is 512. The van der Waals surface area contributed by atoms with Crippen LogP contribution >= 0.6 is 15.9 Å². The third-order valence-corrected chi connectivity index (χ3v) is 4.11. The van der Waals surface area contributed by atoms with E-state index < -0.39 is 11.7 Å². The van der Waals surface area contributed by atoms with E-state index in [4.69, 9.17) is 0 Å². The molecule has 0 N–H and O–H groups in total. The van der Waals surface area contributed by atoms with Gasteiger partial charge in [0, 0.05) is 17.6 Å². The number of para-hydroxylation sites is 1. The Balaban J connectivity index is 2.23. The number of carbonyl (C=O) groups excluding carboxylic acids is 2.